The maximum absolute atomic E-state index is 4.19. The fourth-order valence-corrected chi connectivity index (χ4v) is 2.77. The lowest BCUT2D eigenvalue weighted by Gasteiger charge is -2.21. The summed E-state index contributed by atoms with van der Waals surface area (Å²) < 4.78 is 0. The first-order chi connectivity index (χ1) is 9.40. The van der Waals surface area contributed by atoms with Gasteiger partial charge in [-0.3, -0.25) is 0 Å². The van der Waals surface area contributed by atoms with Crippen molar-refractivity contribution < 1.29 is 0 Å². The summed E-state index contributed by atoms with van der Waals surface area (Å²) in [5.74, 6) is 1.12. The van der Waals surface area contributed by atoms with Gasteiger partial charge in [-0.05, 0) is 23.0 Å². The first kappa shape index (κ1) is 14.7. The normalized spacial score (nSPS) is 11.3. The molecule has 0 aromatic heterocycles. The molecule has 0 heterocycles. The van der Waals surface area contributed by atoms with Crippen molar-refractivity contribution in [3.05, 3.63) is 65.6 Å². The Morgan fingerprint density at radius 1 is 0.800 bits per heavy atom. The molecule has 0 radical (unpaired) electrons. The Hall–Kier alpha value is -1.69. The molecule has 0 N–H and O–H groups in total. The van der Waals surface area contributed by atoms with Gasteiger partial charge in [-0.1, -0.05) is 64.4 Å². The number of benzene rings is 2. The third-order valence-electron chi connectivity index (χ3n) is 3.90. The van der Waals surface area contributed by atoms with Crippen LogP contribution in [0.5, 0.6) is 0 Å². The molecule has 106 valence electrons. The van der Waals surface area contributed by atoms with Crippen molar-refractivity contribution in [2.24, 2.45) is 0 Å². The van der Waals surface area contributed by atoms with Crippen LogP contribution in [-0.4, -0.2) is 0 Å². The van der Waals surface area contributed by atoms with Crippen molar-refractivity contribution in [2.45, 2.75) is 46.5 Å². The molecule has 0 fully saturated rings. The molecule has 2 aromatic carbocycles. The molecule has 0 aliphatic heterocycles. The Balaban J connectivity index is 2.56. The monoisotopic (exact) mass is 265 g/mol. The summed E-state index contributed by atoms with van der Waals surface area (Å²) in [5, 5.41) is 0. The highest BCUT2D eigenvalue weighted by Crippen LogP contribution is 2.32. The van der Waals surface area contributed by atoms with Gasteiger partial charge in [0.05, 0.1) is 0 Å². The molecule has 0 amide bonds. The molecule has 0 saturated heterocycles. The van der Waals surface area contributed by atoms with E-state index < -0.39 is 0 Å². The molecule has 20 heavy (non-hydrogen) atoms. The zero-order valence-corrected chi connectivity index (χ0v) is 13.3. The van der Waals surface area contributed by atoms with Gasteiger partial charge < -0.3 is 0 Å². The van der Waals surface area contributed by atoms with Crippen LogP contribution in [0.2, 0.25) is 0 Å². The molecule has 0 nitrogen and oxygen atoms in total. The van der Waals surface area contributed by atoms with Crippen LogP contribution < -0.4 is 0 Å². The molecule has 0 bridgehead atoms. The van der Waals surface area contributed by atoms with Crippen molar-refractivity contribution in [1.82, 2.24) is 0 Å². The highest BCUT2D eigenvalue weighted by Gasteiger charge is 2.10. The fourth-order valence-electron chi connectivity index (χ4n) is 2.77. The van der Waals surface area contributed by atoms with Crippen LogP contribution in [0.1, 0.15) is 61.8 Å². The molecular formula is C20H25-. The van der Waals surface area contributed by atoms with Gasteiger partial charge in [0, 0.05) is 0 Å². The smallest absolute Gasteiger partial charge is 0.0216 e. The Morgan fingerprint density at radius 3 is 2.00 bits per heavy atom. The molecular weight excluding hydrogens is 240 g/mol. The average molecular weight is 265 g/mol. The SMILES string of the molecule is [CH2-]c1cc(C)ccc1-c1ccc(C(C)C)c(C(C)C)c1. The van der Waals surface area contributed by atoms with Crippen LogP contribution >= 0.6 is 0 Å². The van der Waals surface area contributed by atoms with Crippen LogP contribution in [0.3, 0.4) is 0 Å². The van der Waals surface area contributed by atoms with Crippen molar-refractivity contribution >= 4 is 0 Å². The Kier molecular flexibility index (Phi) is 4.23. The van der Waals surface area contributed by atoms with Crippen LogP contribution in [-0.2, 0) is 0 Å². The van der Waals surface area contributed by atoms with E-state index in [1.165, 1.54) is 27.8 Å². The van der Waals surface area contributed by atoms with Gasteiger partial charge in [0.1, 0.15) is 0 Å². The van der Waals surface area contributed by atoms with Gasteiger partial charge >= 0.3 is 0 Å². The van der Waals surface area contributed by atoms with E-state index in [0.29, 0.717) is 11.8 Å². The second-order valence-corrected chi connectivity index (χ2v) is 6.31. The van der Waals surface area contributed by atoms with Gasteiger partial charge in [-0.2, -0.15) is 18.6 Å². The Morgan fingerprint density at radius 2 is 1.45 bits per heavy atom. The highest BCUT2D eigenvalue weighted by molar-refractivity contribution is 5.70. The number of hydrogen-bond acceptors (Lipinski definition) is 0. The van der Waals surface area contributed by atoms with E-state index in [1.54, 1.807) is 0 Å². The lowest BCUT2D eigenvalue weighted by Crippen LogP contribution is -1.99. The summed E-state index contributed by atoms with van der Waals surface area (Å²) in [7, 11) is 0. The third kappa shape index (κ3) is 2.90. The predicted molar refractivity (Wildman–Crippen MR) is 89.3 cm³/mol. The van der Waals surface area contributed by atoms with Crippen molar-refractivity contribution in [2.75, 3.05) is 0 Å². The summed E-state index contributed by atoms with van der Waals surface area (Å²) in [6.45, 7) is 15.4. The number of rotatable bonds is 3. The first-order valence-corrected chi connectivity index (χ1v) is 7.47. The average Bonchev–Trinajstić information content (AvgIpc) is 2.37. The van der Waals surface area contributed by atoms with Crippen molar-refractivity contribution in [3.63, 3.8) is 0 Å². The van der Waals surface area contributed by atoms with Gasteiger partial charge in [-0.15, -0.1) is 17.2 Å². The minimum atomic E-state index is 0.547. The lowest BCUT2D eigenvalue weighted by molar-refractivity contribution is 0.790. The second kappa shape index (κ2) is 5.75. The van der Waals surface area contributed by atoms with E-state index in [9.17, 15) is 0 Å². The summed E-state index contributed by atoms with van der Waals surface area (Å²) in [4.78, 5) is 0. The fraction of sp³-hybridized carbons (Fsp3) is 0.350. The Bertz CT molecular complexity index is 603. The largest absolute Gasteiger partial charge is 0.198 e. The molecule has 0 atom stereocenters. The molecule has 2 aromatic rings. The van der Waals surface area contributed by atoms with Gasteiger partial charge in [0.2, 0.25) is 0 Å². The van der Waals surface area contributed by atoms with E-state index in [-0.39, 0.29) is 0 Å². The minimum Gasteiger partial charge on any atom is -0.198 e. The summed E-state index contributed by atoms with van der Waals surface area (Å²) >= 11 is 0. The zero-order chi connectivity index (χ0) is 14.9. The van der Waals surface area contributed by atoms with Gasteiger partial charge in [0.25, 0.3) is 0 Å². The summed E-state index contributed by atoms with van der Waals surface area (Å²) in [5.41, 5.74) is 7.81. The molecule has 0 heteroatoms. The van der Waals surface area contributed by atoms with E-state index in [2.05, 4.69) is 77.9 Å². The predicted octanol–water partition coefficient (Wildman–Crippen LogP) is 6.09. The molecule has 0 spiro atoms. The van der Waals surface area contributed by atoms with E-state index in [1.807, 2.05) is 0 Å². The van der Waals surface area contributed by atoms with E-state index in [0.717, 1.165) is 5.56 Å². The van der Waals surface area contributed by atoms with Crippen molar-refractivity contribution in [1.29, 1.82) is 0 Å². The quantitative estimate of drug-likeness (QED) is 0.589. The van der Waals surface area contributed by atoms with Crippen LogP contribution in [0.15, 0.2) is 36.4 Å². The molecule has 0 unspecified atom stereocenters. The summed E-state index contributed by atoms with van der Waals surface area (Å²) in [6, 6.07) is 13.4. The number of aryl methyl sites for hydroxylation is 1. The number of hydrogen-bond donors (Lipinski definition) is 0. The van der Waals surface area contributed by atoms with Crippen LogP contribution in [0.25, 0.3) is 11.1 Å². The van der Waals surface area contributed by atoms with Crippen LogP contribution in [0, 0.1) is 13.8 Å². The van der Waals surface area contributed by atoms with Crippen molar-refractivity contribution in [3.8, 4) is 11.1 Å². The highest BCUT2D eigenvalue weighted by atomic mass is 14.2. The maximum Gasteiger partial charge on any atom is -0.0216 e. The molecule has 0 aliphatic carbocycles. The topological polar surface area (TPSA) is 0 Å². The van der Waals surface area contributed by atoms with Gasteiger partial charge in [-0.25, -0.2) is 0 Å². The minimum absolute atomic E-state index is 0.547. The molecule has 0 saturated carbocycles. The van der Waals surface area contributed by atoms with Gasteiger partial charge in [0.15, 0.2) is 0 Å². The maximum atomic E-state index is 4.19. The third-order valence-corrected chi connectivity index (χ3v) is 3.90. The summed E-state index contributed by atoms with van der Waals surface area (Å²) in [6.07, 6.45) is 0. The zero-order valence-electron chi connectivity index (χ0n) is 13.3. The van der Waals surface area contributed by atoms with Crippen LogP contribution in [0.4, 0.5) is 0 Å². The van der Waals surface area contributed by atoms with E-state index >= 15 is 0 Å². The molecule has 0 aliphatic rings. The van der Waals surface area contributed by atoms with E-state index in [4.69, 9.17) is 0 Å². The standard InChI is InChI=1S/C20H25/c1-13(2)18-10-8-17(12-20(18)14(3)4)19-9-7-15(5)11-16(19)6/h7-14H,6H2,1-5H3/q-1. The first-order valence-electron chi connectivity index (χ1n) is 7.47. The lowest BCUT2D eigenvalue weighted by atomic mass is 9.87. The Labute approximate surface area is 123 Å². The second-order valence-electron chi connectivity index (χ2n) is 6.31. The molecule has 2 rings (SSSR count).